The first-order valence-electron chi connectivity index (χ1n) is 35.4. The van der Waals surface area contributed by atoms with E-state index >= 15 is 0 Å². The summed E-state index contributed by atoms with van der Waals surface area (Å²) in [4.78, 5) is 15.1. The van der Waals surface area contributed by atoms with Crippen LogP contribution in [0.4, 0.5) is 85.3 Å². The molecule has 0 saturated heterocycles. The minimum absolute atomic E-state index is 0.0232. The van der Waals surface area contributed by atoms with Crippen LogP contribution in [0.25, 0.3) is 33.4 Å². The fourth-order valence-corrected chi connectivity index (χ4v) is 17.6. The molecule has 0 unspecified atom stereocenters. The number of hydrogen-bond donors (Lipinski definition) is 0. The van der Waals surface area contributed by atoms with Crippen LogP contribution in [0.2, 0.25) is 0 Å². The minimum Gasteiger partial charge on any atom is -0.311 e. The average Bonchev–Trinajstić information content (AvgIpc) is 0.688. The quantitative estimate of drug-likeness (QED) is 0.113. The molecule has 482 valence electrons. The summed E-state index contributed by atoms with van der Waals surface area (Å²) in [6.45, 7) is 6.61. The molecule has 102 heavy (non-hydrogen) atoms. The zero-order valence-electron chi connectivity index (χ0n) is 56.9. The van der Waals surface area contributed by atoms with E-state index in [0.29, 0.717) is 0 Å². The van der Waals surface area contributed by atoms with Gasteiger partial charge in [-0.2, -0.15) is 0 Å². The van der Waals surface area contributed by atoms with E-state index in [1.807, 2.05) is 11.8 Å². The predicted molar refractivity (Wildman–Crippen MR) is 435 cm³/mol. The van der Waals surface area contributed by atoms with E-state index in [1.165, 1.54) is 65.1 Å². The van der Waals surface area contributed by atoms with E-state index in [-0.39, 0.29) is 18.8 Å². The lowest BCUT2D eigenvalue weighted by Crippen LogP contribution is -2.64. The van der Waals surface area contributed by atoms with Crippen LogP contribution in [-0.4, -0.2) is 13.4 Å². The molecule has 19 rings (SSSR count). The van der Waals surface area contributed by atoms with Crippen LogP contribution in [0.5, 0.6) is 0 Å². The third-order valence-electron chi connectivity index (χ3n) is 21.0. The third-order valence-corrected chi connectivity index (χ3v) is 22.1. The normalized spacial score (nSPS) is 12.9. The maximum Gasteiger partial charge on any atom is 0.252 e. The van der Waals surface area contributed by atoms with Crippen LogP contribution in [0.1, 0.15) is 26.3 Å². The van der Waals surface area contributed by atoms with Gasteiger partial charge in [0.15, 0.2) is 0 Å². The highest BCUT2D eigenvalue weighted by Gasteiger charge is 2.48. The summed E-state index contributed by atoms with van der Waals surface area (Å²) >= 11 is 1.91. The van der Waals surface area contributed by atoms with Gasteiger partial charge in [-0.15, -0.1) is 0 Å². The lowest BCUT2D eigenvalue weighted by Gasteiger charge is -2.46. The van der Waals surface area contributed by atoms with E-state index in [0.717, 1.165) is 102 Å². The molecule has 15 aromatic rings. The zero-order valence-corrected chi connectivity index (χ0v) is 57.8. The van der Waals surface area contributed by atoms with Crippen LogP contribution in [-0.2, 0) is 5.41 Å². The molecule has 5 nitrogen and oxygen atoms in total. The molecule has 0 aliphatic carbocycles. The summed E-state index contributed by atoms with van der Waals surface area (Å²) in [6, 6.07) is 136. The molecule has 8 heteroatoms. The third kappa shape index (κ3) is 10.3. The van der Waals surface area contributed by atoms with E-state index in [4.69, 9.17) is 0 Å². The first kappa shape index (κ1) is 60.9. The molecule has 0 aromatic heterocycles. The molecule has 0 atom stereocenters. The van der Waals surface area contributed by atoms with Crippen molar-refractivity contribution in [1.29, 1.82) is 0 Å². The van der Waals surface area contributed by atoms with Gasteiger partial charge in [-0.05, 0) is 187 Å². The second-order valence-electron chi connectivity index (χ2n) is 28.0. The van der Waals surface area contributed by atoms with Crippen molar-refractivity contribution in [3.63, 3.8) is 0 Å². The number of rotatable bonds is 12. The first-order chi connectivity index (χ1) is 50.3. The molecular formula is C94H69B2N5S. The topological polar surface area (TPSA) is 16.2 Å². The van der Waals surface area contributed by atoms with E-state index < -0.39 is 0 Å². The summed E-state index contributed by atoms with van der Waals surface area (Å²) in [5, 5.41) is 0. The van der Waals surface area contributed by atoms with Crippen molar-refractivity contribution in [3.05, 3.63) is 370 Å². The Kier molecular flexibility index (Phi) is 14.9. The van der Waals surface area contributed by atoms with Crippen molar-refractivity contribution in [2.45, 2.75) is 36.0 Å². The van der Waals surface area contributed by atoms with Gasteiger partial charge >= 0.3 is 0 Å². The van der Waals surface area contributed by atoms with Gasteiger partial charge in [0, 0.05) is 89.3 Å². The molecule has 4 aliphatic heterocycles. The highest BCUT2D eigenvalue weighted by atomic mass is 32.2. The van der Waals surface area contributed by atoms with Crippen molar-refractivity contribution < 1.29 is 0 Å². The van der Waals surface area contributed by atoms with E-state index in [1.54, 1.807) is 0 Å². The largest absolute Gasteiger partial charge is 0.311 e. The van der Waals surface area contributed by atoms with Gasteiger partial charge < -0.3 is 24.5 Å². The highest BCUT2D eigenvalue weighted by molar-refractivity contribution is 8.00. The zero-order chi connectivity index (χ0) is 68.0. The van der Waals surface area contributed by atoms with Crippen LogP contribution < -0.4 is 57.3 Å². The number of fused-ring (bicyclic) bond motifs is 8. The fraction of sp³-hybridized carbons (Fsp3) is 0.0426. The van der Waals surface area contributed by atoms with Crippen molar-refractivity contribution in [1.82, 2.24) is 0 Å². The smallest absolute Gasteiger partial charge is 0.252 e. The molecule has 0 spiro atoms. The van der Waals surface area contributed by atoms with Gasteiger partial charge in [0.1, 0.15) is 0 Å². The van der Waals surface area contributed by atoms with Crippen LogP contribution >= 0.6 is 11.8 Å². The Balaban J connectivity index is 0.904. The predicted octanol–water partition coefficient (Wildman–Crippen LogP) is 21.8. The summed E-state index contributed by atoms with van der Waals surface area (Å²) in [5.74, 6) is 0. The van der Waals surface area contributed by atoms with Gasteiger partial charge in [0.25, 0.3) is 6.71 Å². The number of anilines is 15. The number of hydrogen-bond acceptors (Lipinski definition) is 6. The maximum atomic E-state index is 2.66. The summed E-state index contributed by atoms with van der Waals surface area (Å²) in [7, 11) is 0. The number of para-hydroxylation sites is 7. The minimum atomic E-state index is -0.187. The van der Waals surface area contributed by atoms with Gasteiger partial charge in [-0.1, -0.05) is 281 Å². The number of benzene rings is 15. The van der Waals surface area contributed by atoms with Crippen LogP contribution in [0.15, 0.2) is 374 Å². The second kappa shape index (κ2) is 24.9. The lowest BCUT2D eigenvalue weighted by molar-refractivity contribution is 0.590. The van der Waals surface area contributed by atoms with Gasteiger partial charge in [0.05, 0.1) is 11.4 Å². The SMILES string of the molecule is CC(C)(C)c1ccc(-c2ccccc2N2c3cc4c(cc3B3c5ccccc5N(c5ccccc5)c5cc(N(c6ccc(-c7ccccc7)cc6)c6cccc(-c7ccccc7)c6)cc2c53)B2c3ccccc3N(c3ccccc3)c3cc(N(c5ccccc5)c5ccccc5)cc(c32)S4)cc1. The summed E-state index contributed by atoms with van der Waals surface area (Å²) in [5.41, 5.74) is 32.5. The van der Waals surface area contributed by atoms with Gasteiger partial charge in [-0.3, -0.25) is 0 Å². The monoisotopic (exact) mass is 1320 g/mol. The van der Waals surface area contributed by atoms with Crippen molar-refractivity contribution in [3.8, 4) is 33.4 Å². The summed E-state index contributed by atoms with van der Waals surface area (Å²) in [6.07, 6.45) is 0. The average molecular weight is 1320 g/mol. The fourth-order valence-electron chi connectivity index (χ4n) is 16.3. The van der Waals surface area contributed by atoms with Gasteiger partial charge in [-0.25, -0.2) is 0 Å². The van der Waals surface area contributed by atoms with Crippen molar-refractivity contribution in [2.24, 2.45) is 0 Å². The van der Waals surface area contributed by atoms with Crippen molar-refractivity contribution >= 4 is 143 Å². The number of nitrogens with zero attached hydrogens (tertiary/aromatic N) is 5. The van der Waals surface area contributed by atoms with Gasteiger partial charge in [0.2, 0.25) is 6.71 Å². The standard InChI is InChI=1S/C94H69B2N5S/c1-94(2,3)69-53-49-67(50-54-69)78-43-22-25-46-83(78)101-86-63-90-82(96-80-45-24-27-48-85(80)100(73-40-20-9-21-41-73)89-60-77(61-91(102-90)93(89)96)97(70-34-14-6-15-35-70)71-36-16-7-17-37-71)62-81(86)95-79-44-23-26-47-84(79)99(72-38-18-8-19-39-72)87-58-76(59-88(101)92(87)95)98(74-55-51-66(52-56-74)64-29-10-4-11-30-64)75-42-28-33-68(57-75)65-31-12-5-13-32-65/h4-63H,1-3H3. The Morgan fingerprint density at radius 2 is 0.676 bits per heavy atom. The molecule has 15 aromatic carbocycles. The molecular weight excluding hydrogens is 1250 g/mol. The van der Waals surface area contributed by atoms with Crippen LogP contribution in [0.3, 0.4) is 0 Å². The molecule has 4 aliphatic rings. The maximum absolute atomic E-state index is 2.66. The molecule has 4 heterocycles. The molecule has 0 bridgehead atoms. The Morgan fingerprint density at radius 1 is 0.255 bits per heavy atom. The second-order valence-corrected chi connectivity index (χ2v) is 29.1. The molecule has 0 saturated carbocycles. The molecule has 0 N–H and O–H groups in total. The Hall–Kier alpha value is -12.2. The molecule has 0 amide bonds. The highest BCUT2D eigenvalue weighted by Crippen LogP contribution is 2.53. The molecule has 0 fully saturated rings. The lowest BCUT2D eigenvalue weighted by atomic mass is 9.31. The van der Waals surface area contributed by atoms with E-state index in [2.05, 4.69) is 409 Å². The first-order valence-corrected chi connectivity index (χ1v) is 36.2. The summed E-state index contributed by atoms with van der Waals surface area (Å²) < 4.78 is 0. The van der Waals surface area contributed by atoms with E-state index in [9.17, 15) is 0 Å². The molecule has 0 radical (unpaired) electrons. The van der Waals surface area contributed by atoms with Crippen molar-refractivity contribution in [2.75, 3.05) is 24.5 Å². The Morgan fingerprint density at radius 3 is 1.25 bits per heavy atom. The van der Waals surface area contributed by atoms with Crippen LogP contribution in [0, 0.1) is 0 Å². The Labute approximate surface area is 602 Å². The Bertz CT molecular complexity index is 5640.